The van der Waals surface area contributed by atoms with Gasteiger partial charge in [0, 0.05) is 29.4 Å². The van der Waals surface area contributed by atoms with Crippen LogP contribution in [-0.4, -0.2) is 28.9 Å². The van der Waals surface area contributed by atoms with Gasteiger partial charge in [-0.3, -0.25) is 14.6 Å². The monoisotopic (exact) mass is 468 g/mol. The Kier molecular flexibility index (Phi) is 7.02. The number of hydrogen-bond acceptors (Lipinski definition) is 6. The highest BCUT2D eigenvalue weighted by Gasteiger charge is 2.13. The molecule has 8 nitrogen and oxygen atoms in total. The first-order valence-corrected chi connectivity index (χ1v) is 10.9. The van der Waals surface area contributed by atoms with Crippen molar-refractivity contribution in [3.8, 4) is 17.2 Å². The molecule has 0 spiro atoms. The number of benzene rings is 2. The Morgan fingerprint density at radius 2 is 1.74 bits per heavy atom. The number of fused-ring (bicyclic) bond motifs is 1. The highest BCUT2D eigenvalue weighted by Crippen LogP contribution is 2.35. The molecule has 0 aliphatic heterocycles. The van der Waals surface area contributed by atoms with Crippen molar-refractivity contribution in [3.05, 3.63) is 90.8 Å². The zero-order chi connectivity index (χ0) is 24.8. The van der Waals surface area contributed by atoms with Gasteiger partial charge in [-0.05, 0) is 66.6 Å². The van der Waals surface area contributed by atoms with Crippen LogP contribution in [0.5, 0.6) is 17.2 Å². The summed E-state index contributed by atoms with van der Waals surface area (Å²) in [5, 5.41) is 6.21. The van der Waals surface area contributed by atoms with E-state index in [1.54, 1.807) is 54.9 Å². The van der Waals surface area contributed by atoms with E-state index in [1.807, 2.05) is 19.1 Å². The number of nitrogens with one attached hydrogen (secondary N) is 2. The van der Waals surface area contributed by atoms with Gasteiger partial charge in [-0.1, -0.05) is 13.5 Å². The number of pyridine rings is 2. The predicted octanol–water partition coefficient (Wildman–Crippen LogP) is 5.37. The predicted molar refractivity (Wildman–Crippen MR) is 135 cm³/mol. The van der Waals surface area contributed by atoms with Gasteiger partial charge in [0.15, 0.2) is 0 Å². The van der Waals surface area contributed by atoms with Crippen LogP contribution in [0.4, 0.5) is 11.5 Å². The average Bonchev–Trinajstić information content (AvgIpc) is 2.89. The molecule has 0 fully saturated rings. The van der Waals surface area contributed by atoms with Crippen LogP contribution in [0, 0.1) is 0 Å². The molecule has 4 aromatic rings. The first-order valence-electron chi connectivity index (χ1n) is 10.9. The summed E-state index contributed by atoms with van der Waals surface area (Å²) in [6.07, 6.45) is 5.33. The van der Waals surface area contributed by atoms with Crippen molar-refractivity contribution in [3.63, 3.8) is 0 Å². The first-order chi connectivity index (χ1) is 17.0. The third-order valence-electron chi connectivity index (χ3n) is 5.28. The summed E-state index contributed by atoms with van der Waals surface area (Å²) in [7, 11) is 1.51. The summed E-state index contributed by atoms with van der Waals surface area (Å²) in [4.78, 5) is 33.0. The number of amides is 2. The van der Waals surface area contributed by atoms with Crippen molar-refractivity contribution in [2.24, 2.45) is 0 Å². The smallest absolute Gasteiger partial charge is 0.256 e. The molecule has 0 unspecified atom stereocenters. The van der Waals surface area contributed by atoms with Crippen molar-refractivity contribution in [1.29, 1.82) is 0 Å². The molecule has 0 radical (unpaired) electrons. The number of carbonyl (C=O) groups excluding carboxylic acids is 2. The molecule has 2 aromatic heterocycles. The van der Waals surface area contributed by atoms with E-state index < -0.39 is 0 Å². The molecule has 0 saturated heterocycles. The molecule has 2 aromatic carbocycles. The number of aromatic nitrogens is 2. The highest BCUT2D eigenvalue weighted by molar-refractivity contribution is 6.04. The summed E-state index contributed by atoms with van der Waals surface area (Å²) in [5.41, 5.74) is 2.66. The van der Waals surface area contributed by atoms with Gasteiger partial charge in [-0.25, -0.2) is 4.98 Å². The lowest BCUT2D eigenvalue weighted by Crippen LogP contribution is -2.12. The van der Waals surface area contributed by atoms with Gasteiger partial charge >= 0.3 is 0 Å². The minimum absolute atomic E-state index is 0.263. The molecule has 176 valence electrons. The molecule has 0 bridgehead atoms. The summed E-state index contributed by atoms with van der Waals surface area (Å²) >= 11 is 0. The number of hydrogen-bond donors (Lipinski definition) is 2. The van der Waals surface area contributed by atoms with E-state index in [-0.39, 0.29) is 11.8 Å². The average molecular weight is 469 g/mol. The zero-order valence-electron chi connectivity index (χ0n) is 19.4. The zero-order valence-corrected chi connectivity index (χ0v) is 19.4. The number of methoxy groups -OCH3 is 1. The fourth-order valence-corrected chi connectivity index (χ4v) is 3.44. The van der Waals surface area contributed by atoms with Crippen LogP contribution >= 0.6 is 0 Å². The highest BCUT2D eigenvalue weighted by atomic mass is 16.5. The van der Waals surface area contributed by atoms with Gasteiger partial charge in [-0.2, -0.15) is 0 Å². The van der Waals surface area contributed by atoms with Crippen molar-refractivity contribution >= 4 is 34.2 Å². The van der Waals surface area contributed by atoms with Gasteiger partial charge in [0.25, 0.3) is 5.91 Å². The third-order valence-corrected chi connectivity index (χ3v) is 5.28. The van der Waals surface area contributed by atoms with Crippen LogP contribution < -0.4 is 20.1 Å². The summed E-state index contributed by atoms with van der Waals surface area (Å²) in [6.45, 7) is 5.52. The first kappa shape index (κ1) is 23.4. The Balaban J connectivity index is 1.55. The fourth-order valence-electron chi connectivity index (χ4n) is 3.44. The molecule has 8 heteroatoms. The molecular weight excluding hydrogens is 444 g/mol. The lowest BCUT2D eigenvalue weighted by Gasteiger charge is -2.13. The molecule has 2 heterocycles. The third kappa shape index (κ3) is 5.44. The normalized spacial score (nSPS) is 10.5. The van der Waals surface area contributed by atoms with Gasteiger partial charge in [0.05, 0.1) is 18.3 Å². The minimum Gasteiger partial charge on any atom is -0.494 e. The van der Waals surface area contributed by atoms with Crippen molar-refractivity contribution < 1.29 is 19.1 Å². The van der Waals surface area contributed by atoms with E-state index in [0.29, 0.717) is 45.2 Å². The van der Waals surface area contributed by atoms with Crippen LogP contribution in [-0.2, 0) is 11.2 Å². The van der Waals surface area contributed by atoms with Crippen LogP contribution in [0.1, 0.15) is 22.8 Å². The molecule has 35 heavy (non-hydrogen) atoms. The number of ether oxygens (including phenoxy) is 2. The van der Waals surface area contributed by atoms with Crippen LogP contribution in [0.25, 0.3) is 10.9 Å². The maximum atomic E-state index is 12.6. The van der Waals surface area contributed by atoms with E-state index in [2.05, 4.69) is 27.2 Å². The topological polar surface area (TPSA) is 102 Å². The van der Waals surface area contributed by atoms with E-state index in [9.17, 15) is 9.59 Å². The molecule has 2 N–H and O–H groups in total. The van der Waals surface area contributed by atoms with Crippen LogP contribution in [0.3, 0.4) is 0 Å². The van der Waals surface area contributed by atoms with Crippen molar-refractivity contribution in [1.82, 2.24) is 9.97 Å². The van der Waals surface area contributed by atoms with Gasteiger partial charge in [-0.15, -0.1) is 0 Å². The molecule has 0 aliphatic carbocycles. The van der Waals surface area contributed by atoms with E-state index in [1.165, 1.54) is 13.2 Å². The van der Waals surface area contributed by atoms with Gasteiger partial charge in [0.2, 0.25) is 5.91 Å². The van der Waals surface area contributed by atoms with Crippen LogP contribution in [0.15, 0.2) is 79.6 Å². The van der Waals surface area contributed by atoms with E-state index >= 15 is 0 Å². The Labute approximate surface area is 202 Å². The summed E-state index contributed by atoms with van der Waals surface area (Å²) in [5.74, 6) is 1.41. The Morgan fingerprint density at radius 1 is 0.971 bits per heavy atom. The Hall–Kier alpha value is -4.72. The summed E-state index contributed by atoms with van der Waals surface area (Å²) < 4.78 is 11.5. The Morgan fingerprint density at radius 3 is 2.46 bits per heavy atom. The van der Waals surface area contributed by atoms with Gasteiger partial charge in [0.1, 0.15) is 23.1 Å². The number of aryl methyl sites for hydroxylation is 1. The lowest BCUT2D eigenvalue weighted by atomic mass is 10.1. The van der Waals surface area contributed by atoms with Crippen molar-refractivity contribution in [2.45, 2.75) is 13.3 Å². The molecule has 0 aliphatic rings. The molecule has 4 rings (SSSR count). The maximum Gasteiger partial charge on any atom is 0.256 e. The maximum absolute atomic E-state index is 12.6. The number of nitrogens with zero attached hydrogens (tertiary/aromatic N) is 2. The SMILES string of the molecule is C=CC(=O)Nc1cc2c(Oc3ccc(C(=O)Nc4cc(CC)ccn4)cc3)ccnc2cc1OC. The second-order valence-corrected chi connectivity index (χ2v) is 7.56. The molecule has 0 atom stereocenters. The van der Waals surface area contributed by atoms with Crippen molar-refractivity contribution in [2.75, 3.05) is 17.7 Å². The second kappa shape index (κ2) is 10.5. The Bertz CT molecular complexity index is 1400. The van der Waals surface area contributed by atoms with Crippen LogP contribution in [0.2, 0.25) is 0 Å². The number of carbonyl (C=O) groups is 2. The lowest BCUT2D eigenvalue weighted by molar-refractivity contribution is -0.111. The second-order valence-electron chi connectivity index (χ2n) is 7.56. The number of anilines is 2. The standard InChI is InChI=1S/C27H24N4O4/c1-4-17-10-12-29-25(14-17)31-27(33)18-6-8-19(9-7-18)35-23-11-13-28-21-16-24(34-3)22(15-20(21)23)30-26(32)5-2/h5-16H,2,4H2,1,3H3,(H,30,32)(H,29,31,33). The largest absolute Gasteiger partial charge is 0.494 e. The molecule has 0 saturated carbocycles. The molecule has 2 amide bonds. The molecular formula is C27H24N4O4. The minimum atomic E-state index is -0.362. The van der Waals surface area contributed by atoms with E-state index in [4.69, 9.17) is 9.47 Å². The fraction of sp³-hybridized carbons (Fsp3) is 0.111. The quantitative estimate of drug-likeness (QED) is 0.337. The summed E-state index contributed by atoms with van der Waals surface area (Å²) in [6, 6.07) is 15.7. The van der Waals surface area contributed by atoms with Gasteiger partial charge < -0.3 is 20.1 Å². The number of rotatable bonds is 8. The van der Waals surface area contributed by atoms with E-state index in [0.717, 1.165) is 12.0 Å².